The Morgan fingerprint density at radius 3 is 2.58 bits per heavy atom. The molecule has 2 nitrogen and oxygen atoms in total. The molecule has 0 heterocycles. The summed E-state index contributed by atoms with van der Waals surface area (Å²) in [5.41, 5.74) is 0.502. The zero-order chi connectivity index (χ0) is 8.60. The zero-order valence-electron chi connectivity index (χ0n) is 7.11. The lowest BCUT2D eigenvalue weighted by molar-refractivity contribution is -0.118. The predicted molar refractivity (Wildman–Crippen MR) is 48.1 cm³/mol. The quantitative estimate of drug-likeness (QED) is 0.665. The summed E-state index contributed by atoms with van der Waals surface area (Å²) in [5.74, 6) is 0.984. The Morgan fingerprint density at radius 2 is 2.17 bits per heavy atom. The third-order valence-electron chi connectivity index (χ3n) is 3.09. The summed E-state index contributed by atoms with van der Waals surface area (Å²) in [6.45, 7) is 0.864. The van der Waals surface area contributed by atoms with Crippen molar-refractivity contribution in [3.8, 4) is 0 Å². The fourth-order valence-corrected chi connectivity index (χ4v) is 2.00. The SMILES string of the molecule is O=C(CCl)NCC1(C2CC2)CC1. The van der Waals surface area contributed by atoms with E-state index in [2.05, 4.69) is 5.32 Å². The monoisotopic (exact) mass is 187 g/mol. The maximum Gasteiger partial charge on any atom is 0.234 e. The first-order valence-electron chi connectivity index (χ1n) is 4.59. The first kappa shape index (κ1) is 8.36. The van der Waals surface area contributed by atoms with Crippen LogP contribution in [0, 0.1) is 11.3 Å². The largest absolute Gasteiger partial charge is 0.355 e. The van der Waals surface area contributed by atoms with E-state index in [-0.39, 0.29) is 11.8 Å². The summed E-state index contributed by atoms with van der Waals surface area (Å²) < 4.78 is 0. The second-order valence-electron chi connectivity index (χ2n) is 4.05. The lowest BCUT2D eigenvalue weighted by Gasteiger charge is -2.13. The third kappa shape index (κ3) is 1.58. The number of alkyl halides is 1. The number of hydrogen-bond donors (Lipinski definition) is 1. The van der Waals surface area contributed by atoms with Crippen LogP contribution in [0.2, 0.25) is 0 Å². The molecule has 12 heavy (non-hydrogen) atoms. The van der Waals surface area contributed by atoms with Crippen LogP contribution in [-0.4, -0.2) is 18.3 Å². The molecular formula is C9H14ClNO. The minimum atomic E-state index is -0.0245. The molecule has 2 aliphatic rings. The topological polar surface area (TPSA) is 29.1 Å². The van der Waals surface area contributed by atoms with Gasteiger partial charge in [-0.25, -0.2) is 0 Å². The maximum atomic E-state index is 10.9. The van der Waals surface area contributed by atoms with E-state index in [0.29, 0.717) is 5.41 Å². The molecule has 2 rings (SSSR count). The normalized spacial score (nSPS) is 25.1. The summed E-state index contributed by atoms with van der Waals surface area (Å²) in [6.07, 6.45) is 5.36. The van der Waals surface area contributed by atoms with Gasteiger partial charge in [0.05, 0.1) is 0 Å². The molecule has 1 N–H and O–H groups in total. The van der Waals surface area contributed by atoms with Gasteiger partial charge in [-0.2, -0.15) is 0 Å². The molecule has 2 aliphatic carbocycles. The van der Waals surface area contributed by atoms with Crippen molar-refractivity contribution in [2.75, 3.05) is 12.4 Å². The highest BCUT2D eigenvalue weighted by molar-refractivity contribution is 6.27. The van der Waals surface area contributed by atoms with E-state index >= 15 is 0 Å². The van der Waals surface area contributed by atoms with Gasteiger partial charge >= 0.3 is 0 Å². The summed E-state index contributed by atoms with van der Waals surface area (Å²) in [7, 11) is 0. The number of carbonyl (C=O) groups is 1. The van der Waals surface area contributed by atoms with Crippen LogP contribution in [0.3, 0.4) is 0 Å². The zero-order valence-corrected chi connectivity index (χ0v) is 7.86. The summed E-state index contributed by atoms with van der Waals surface area (Å²) in [5, 5.41) is 2.89. The molecule has 0 bridgehead atoms. The first-order valence-corrected chi connectivity index (χ1v) is 5.13. The number of nitrogens with one attached hydrogen (secondary N) is 1. The van der Waals surface area contributed by atoms with Crippen LogP contribution in [0.1, 0.15) is 25.7 Å². The second-order valence-corrected chi connectivity index (χ2v) is 4.31. The van der Waals surface area contributed by atoms with Gasteiger partial charge in [-0.05, 0) is 37.0 Å². The number of carbonyl (C=O) groups excluding carboxylic acids is 1. The number of amides is 1. The molecule has 0 atom stereocenters. The van der Waals surface area contributed by atoms with Crippen molar-refractivity contribution in [2.24, 2.45) is 11.3 Å². The Balaban J connectivity index is 1.75. The lowest BCUT2D eigenvalue weighted by Crippen LogP contribution is -2.31. The van der Waals surface area contributed by atoms with Gasteiger partial charge in [0.15, 0.2) is 0 Å². The molecule has 0 aromatic carbocycles. The highest BCUT2D eigenvalue weighted by Crippen LogP contribution is 2.60. The van der Waals surface area contributed by atoms with Crippen molar-refractivity contribution in [1.82, 2.24) is 5.32 Å². The van der Waals surface area contributed by atoms with Crippen LogP contribution < -0.4 is 5.32 Å². The molecule has 0 radical (unpaired) electrons. The van der Waals surface area contributed by atoms with E-state index in [1.54, 1.807) is 0 Å². The van der Waals surface area contributed by atoms with Crippen LogP contribution in [0.15, 0.2) is 0 Å². The van der Waals surface area contributed by atoms with Crippen LogP contribution in [0.25, 0.3) is 0 Å². The second kappa shape index (κ2) is 2.91. The first-order chi connectivity index (χ1) is 5.77. The van der Waals surface area contributed by atoms with Crippen LogP contribution in [-0.2, 0) is 4.79 Å². The van der Waals surface area contributed by atoms with Gasteiger partial charge in [0.2, 0.25) is 5.91 Å². The van der Waals surface area contributed by atoms with Crippen molar-refractivity contribution in [3.63, 3.8) is 0 Å². The molecule has 0 saturated heterocycles. The molecule has 68 valence electrons. The Labute approximate surface area is 77.7 Å². The highest BCUT2D eigenvalue weighted by atomic mass is 35.5. The highest BCUT2D eigenvalue weighted by Gasteiger charge is 2.53. The van der Waals surface area contributed by atoms with E-state index in [4.69, 9.17) is 11.6 Å². The van der Waals surface area contributed by atoms with Gasteiger partial charge in [-0.1, -0.05) is 0 Å². The van der Waals surface area contributed by atoms with E-state index in [1.165, 1.54) is 25.7 Å². The number of halogens is 1. The average molecular weight is 188 g/mol. The Kier molecular flexibility index (Phi) is 2.03. The molecule has 2 fully saturated rings. The average Bonchev–Trinajstić information content (AvgIpc) is 2.88. The molecule has 1 amide bonds. The van der Waals surface area contributed by atoms with Crippen molar-refractivity contribution in [3.05, 3.63) is 0 Å². The van der Waals surface area contributed by atoms with E-state index in [0.717, 1.165) is 12.5 Å². The van der Waals surface area contributed by atoms with Crippen molar-refractivity contribution in [2.45, 2.75) is 25.7 Å². The molecule has 0 aromatic heterocycles. The lowest BCUT2D eigenvalue weighted by atomic mass is 10.0. The predicted octanol–water partition coefficient (Wildman–Crippen LogP) is 1.53. The van der Waals surface area contributed by atoms with Crippen molar-refractivity contribution >= 4 is 17.5 Å². The molecule has 3 heteroatoms. The van der Waals surface area contributed by atoms with Gasteiger partial charge < -0.3 is 5.32 Å². The summed E-state index contributed by atoms with van der Waals surface area (Å²) >= 11 is 5.38. The fourth-order valence-electron chi connectivity index (χ4n) is 1.91. The van der Waals surface area contributed by atoms with E-state index < -0.39 is 0 Å². The molecule has 2 saturated carbocycles. The van der Waals surface area contributed by atoms with Gasteiger partial charge in [-0.3, -0.25) is 4.79 Å². The minimum absolute atomic E-state index is 0.0245. The van der Waals surface area contributed by atoms with E-state index in [9.17, 15) is 4.79 Å². The van der Waals surface area contributed by atoms with Crippen molar-refractivity contribution < 1.29 is 4.79 Å². The summed E-state index contributed by atoms with van der Waals surface area (Å²) in [4.78, 5) is 10.9. The van der Waals surface area contributed by atoms with Crippen molar-refractivity contribution in [1.29, 1.82) is 0 Å². The Bertz CT molecular complexity index is 197. The van der Waals surface area contributed by atoms with E-state index in [1.807, 2.05) is 0 Å². The fraction of sp³-hybridized carbons (Fsp3) is 0.889. The minimum Gasteiger partial charge on any atom is -0.355 e. The molecular weight excluding hydrogens is 174 g/mol. The van der Waals surface area contributed by atoms with Gasteiger partial charge in [-0.15, -0.1) is 11.6 Å². The molecule has 0 unspecified atom stereocenters. The Hall–Kier alpha value is -0.240. The Morgan fingerprint density at radius 1 is 1.50 bits per heavy atom. The summed E-state index contributed by atoms with van der Waals surface area (Å²) in [6, 6.07) is 0. The molecule has 0 aliphatic heterocycles. The third-order valence-corrected chi connectivity index (χ3v) is 3.34. The number of rotatable bonds is 4. The van der Waals surface area contributed by atoms with Crippen LogP contribution >= 0.6 is 11.6 Å². The molecule has 0 spiro atoms. The maximum absolute atomic E-state index is 10.9. The van der Waals surface area contributed by atoms with Crippen LogP contribution in [0.5, 0.6) is 0 Å². The van der Waals surface area contributed by atoms with Gasteiger partial charge in [0.25, 0.3) is 0 Å². The van der Waals surface area contributed by atoms with Gasteiger partial charge in [0.1, 0.15) is 5.88 Å². The number of hydrogen-bond acceptors (Lipinski definition) is 1. The van der Waals surface area contributed by atoms with Crippen LogP contribution in [0.4, 0.5) is 0 Å². The standard InChI is InChI=1S/C9H14ClNO/c10-5-8(12)11-6-9(3-4-9)7-1-2-7/h7H,1-6H2,(H,11,12). The smallest absolute Gasteiger partial charge is 0.234 e. The molecule has 0 aromatic rings. The van der Waals surface area contributed by atoms with Gasteiger partial charge in [0, 0.05) is 6.54 Å².